The Kier molecular flexibility index (Phi) is 6.51. The van der Waals surface area contributed by atoms with Gasteiger partial charge in [-0.3, -0.25) is 4.72 Å². The Morgan fingerprint density at radius 3 is 2.29 bits per heavy atom. The lowest BCUT2D eigenvalue weighted by atomic mass is 10.3. The molecule has 0 spiro atoms. The summed E-state index contributed by atoms with van der Waals surface area (Å²) in [6, 6.07) is 12.6. The number of anilines is 4. The zero-order chi connectivity index (χ0) is 24.3. The van der Waals surface area contributed by atoms with Crippen LogP contribution in [0.25, 0.3) is 0 Å². The van der Waals surface area contributed by atoms with E-state index in [0.29, 0.717) is 17.3 Å². The second-order valence-corrected chi connectivity index (χ2v) is 9.31. The summed E-state index contributed by atoms with van der Waals surface area (Å²) in [5.74, 6) is 1.25. The standard InChI is InChI=1S/C22H22F3N5O3S/c1-15-26-20(14-21(27-15)30-12-4-5-13-30)28-16-8-10-17(11-9-16)29-34(31,32)19-7-3-2-6-18(19)33-22(23,24)25/h2-3,6-11,14,29H,4-5,12-13H2,1H3,(H,26,27,28). The highest BCUT2D eigenvalue weighted by atomic mass is 32.2. The molecule has 180 valence electrons. The van der Waals surface area contributed by atoms with Gasteiger partial charge in [0.1, 0.15) is 28.1 Å². The monoisotopic (exact) mass is 493 g/mol. The van der Waals surface area contributed by atoms with Crippen molar-refractivity contribution >= 4 is 33.0 Å². The SMILES string of the molecule is Cc1nc(Nc2ccc(NS(=O)(=O)c3ccccc3OC(F)(F)F)cc2)cc(N2CCCC2)n1. The predicted octanol–water partition coefficient (Wildman–Crippen LogP) is 4.83. The lowest BCUT2D eigenvalue weighted by Gasteiger charge is -2.18. The molecule has 2 N–H and O–H groups in total. The molecule has 8 nitrogen and oxygen atoms in total. The summed E-state index contributed by atoms with van der Waals surface area (Å²) in [5.41, 5.74) is 0.818. The lowest BCUT2D eigenvalue weighted by molar-refractivity contribution is -0.275. The van der Waals surface area contributed by atoms with Crippen LogP contribution >= 0.6 is 0 Å². The molecule has 34 heavy (non-hydrogen) atoms. The average Bonchev–Trinajstić information content (AvgIpc) is 3.29. The highest BCUT2D eigenvalue weighted by molar-refractivity contribution is 7.92. The first kappa shape index (κ1) is 23.6. The van der Waals surface area contributed by atoms with Gasteiger partial charge >= 0.3 is 6.36 Å². The van der Waals surface area contributed by atoms with Gasteiger partial charge < -0.3 is 15.0 Å². The number of aryl methyl sites for hydroxylation is 1. The van der Waals surface area contributed by atoms with E-state index in [9.17, 15) is 21.6 Å². The molecular formula is C22H22F3N5O3S. The van der Waals surface area contributed by atoms with E-state index < -0.39 is 27.0 Å². The maximum absolute atomic E-state index is 12.7. The van der Waals surface area contributed by atoms with Crippen molar-refractivity contribution in [3.63, 3.8) is 0 Å². The minimum absolute atomic E-state index is 0.170. The predicted molar refractivity (Wildman–Crippen MR) is 122 cm³/mol. The van der Waals surface area contributed by atoms with Crippen LogP contribution in [0, 0.1) is 6.92 Å². The fourth-order valence-corrected chi connectivity index (χ4v) is 4.77. The number of nitrogens with zero attached hydrogens (tertiary/aromatic N) is 3. The summed E-state index contributed by atoms with van der Waals surface area (Å²) < 4.78 is 69.4. The van der Waals surface area contributed by atoms with Gasteiger partial charge in [-0.25, -0.2) is 18.4 Å². The van der Waals surface area contributed by atoms with Gasteiger partial charge in [-0.2, -0.15) is 0 Å². The molecule has 0 amide bonds. The molecule has 0 radical (unpaired) electrons. The average molecular weight is 494 g/mol. The van der Waals surface area contributed by atoms with E-state index >= 15 is 0 Å². The van der Waals surface area contributed by atoms with Crippen LogP contribution in [-0.4, -0.2) is 37.8 Å². The summed E-state index contributed by atoms with van der Waals surface area (Å²) in [6.45, 7) is 3.70. The van der Waals surface area contributed by atoms with E-state index in [1.807, 2.05) is 13.0 Å². The highest BCUT2D eigenvalue weighted by Crippen LogP contribution is 2.31. The van der Waals surface area contributed by atoms with Gasteiger partial charge in [0, 0.05) is 30.5 Å². The Labute approximate surface area is 194 Å². The molecule has 12 heteroatoms. The summed E-state index contributed by atoms with van der Waals surface area (Å²) >= 11 is 0. The van der Waals surface area contributed by atoms with Gasteiger partial charge in [0.2, 0.25) is 0 Å². The number of halogens is 3. The number of rotatable bonds is 7. The smallest absolute Gasteiger partial charge is 0.404 e. The van der Waals surface area contributed by atoms with Crippen molar-refractivity contribution in [3.8, 4) is 5.75 Å². The first-order chi connectivity index (χ1) is 16.1. The van der Waals surface area contributed by atoms with Gasteiger partial charge in [-0.05, 0) is 56.2 Å². The molecular weight excluding hydrogens is 471 g/mol. The molecule has 2 aromatic carbocycles. The van der Waals surface area contributed by atoms with E-state index in [0.717, 1.165) is 43.9 Å². The largest absolute Gasteiger partial charge is 0.573 e. The van der Waals surface area contributed by atoms with Gasteiger partial charge in [-0.15, -0.1) is 13.2 Å². The number of para-hydroxylation sites is 1. The topological polar surface area (TPSA) is 96.5 Å². The second kappa shape index (κ2) is 9.37. The van der Waals surface area contributed by atoms with Crippen LogP contribution in [0.4, 0.5) is 36.2 Å². The molecule has 4 rings (SSSR count). The fourth-order valence-electron chi connectivity index (χ4n) is 3.58. The Hall–Kier alpha value is -3.54. The molecule has 0 bridgehead atoms. The highest BCUT2D eigenvalue weighted by Gasteiger charge is 2.34. The third-order valence-corrected chi connectivity index (χ3v) is 6.45. The van der Waals surface area contributed by atoms with Crippen molar-refractivity contribution in [2.75, 3.05) is 28.0 Å². The summed E-state index contributed by atoms with van der Waals surface area (Å²) in [6.07, 6.45) is -2.78. The normalized spacial score (nSPS) is 14.2. The van der Waals surface area contributed by atoms with Crippen LogP contribution in [0.15, 0.2) is 59.5 Å². The summed E-state index contributed by atoms with van der Waals surface area (Å²) in [5, 5.41) is 3.17. The third kappa shape index (κ3) is 5.87. The van der Waals surface area contributed by atoms with Crippen LogP contribution in [0.1, 0.15) is 18.7 Å². The molecule has 0 saturated carbocycles. The van der Waals surface area contributed by atoms with E-state index in [1.54, 1.807) is 12.1 Å². The lowest BCUT2D eigenvalue weighted by Crippen LogP contribution is -2.20. The molecule has 0 unspecified atom stereocenters. The number of sulfonamides is 1. The van der Waals surface area contributed by atoms with Crippen molar-refractivity contribution in [3.05, 3.63) is 60.4 Å². The van der Waals surface area contributed by atoms with Crippen LogP contribution < -0.4 is 19.7 Å². The Morgan fingerprint density at radius 2 is 1.62 bits per heavy atom. The van der Waals surface area contributed by atoms with E-state index in [2.05, 4.69) is 29.6 Å². The van der Waals surface area contributed by atoms with Crippen molar-refractivity contribution in [2.24, 2.45) is 0 Å². The number of nitrogens with one attached hydrogen (secondary N) is 2. The van der Waals surface area contributed by atoms with Crippen LogP contribution in [-0.2, 0) is 10.0 Å². The van der Waals surface area contributed by atoms with E-state index in [-0.39, 0.29) is 5.69 Å². The van der Waals surface area contributed by atoms with Gasteiger partial charge in [0.05, 0.1) is 0 Å². The molecule has 1 fully saturated rings. The molecule has 0 aliphatic carbocycles. The maximum Gasteiger partial charge on any atom is 0.573 e. The number of ether oxygens (including phenoxy) is 1. The van der Waals surface area contributed by atoms with Crippen molar-refractivity contribution in [1.29, 1.82) is 0 Å². The quantitative estimate of drug-likeness (QED) is 0.487. The number of aromatic nitrogens is 2. The van der Waals surface area contributed by atoms with Crippen LogP contribution in [0.2, 0.25) is 0 Å². The fraction of sp³-hybridized carbons (Fsp3) is 0.273. The van der Waals surface area contributed by atoms with Gasteiger partial charge in [0.25, 0.3) is 10.0 Å². The zero-order valence-electron chi connectivity index (χ0n) is 18.1. The molecule has 0 atom stereocenters. The van der Waals surface area contributed by atoms with Crippen LogP contribution in [0.5, 0.6) is 5.75 Å². The second-order valence-electron chi connectivity index (χ2n) is 7.66. The summed E-state index contributed by atoms with van der Waals surface area (Å²) in [4.78, 5) is 10.5. The Bertz CT molecular complexity index is 1260. The molecule has 1 aliphatic heterocycles. The molecule has 3 aromatic rings. The molecule has 1 aromatic heterocycles. The first-order valence-electron chi connectivity index (χ1n) is 10.4. The van der Waals surface area contributed by atoms with E-state index in [4.69, 9.17) is 0 Å². The first-order valence-corrected chi connectivity index (χ1v) is 11.9. The maximum atomic E-state index is 12.7. The zero-order valence-corrected chi connectivity index (χ0v) is 18.9. The Balaban J connectivity index is 1.49. The molecule has 2 heterocycles. The third-order valence-electron chi connectivity index (χ3n) is 5.03. The van der Waals surface area contributed by atoms with Crippen molar-refractivity contribution in [1.82, 2.24) is 9.97 Å². The van der Waals surface area contributed by atoms with Crippen molar-refractivity contribution in [2.45, 2.75) is 31.0 Å². The number of alkyl halides is 3. The number of benzene rings is 2. The van der Waals surface area contributed by atoms with Crippen LogP contribution in [0.3, 0.4) is 0 Å². The van der Waals surface area contributed by atoms with Gasteiger partial charge in [-0.1, -0.05) is 12.1 Å². The minimum atomic E-state index is -5.02. The number of hydrogen-bond donors (Lipinski definition) is 2. The number of hydrogen-bond acceptors (Lipinski definition) is 7. The Morgan fingerprint density at radius 1 is 0.971 bits per heavy atom. The summed E-state index contributed by atoms with van der Waals surface area (Å²) in [7, 11) is -4.33. The molecule has 1 aliphatic rings. The van der Waals surface area contributed by atoms with Gasteiger partial charge in [0.15, 0.2) is 0 Å². The van der Waals surface area contributed by atoms with Crippen molar-refractivity contribution < 1.29 is 26.3 Å². The van der Waals surface area contributed by atoms with E-state index in [1.165, 1.54) is 24.3 Å². The minimum Gasteiger partial charge on any atom is -0.404 e. The molecule has 1 saturated heterocycles.